The Morgan fingerprint density at radius 3 is 2.78 bits per heavy atom. The van der Waals surface area contributed by atoms with E-state index in [1.54, 1.807) is 11.3 Å². The second kappa shape index (κ2) is 6.37. The van der Waals surface area contributed by atoms with Crippen molar-refractivity contribution in [1.29, 1.82) is 0 Å². The van der Waals surface area contributed by atoms with Crippen LogP contribution < -0.4 is 5.32 Å². The summed E-state index contributed by atoms with van der Waals surface area (Å²) in [5.41, 5.74) is 1.43. The molecule has 1 aliphatic carbocycles. The average molecular weight is 265 g/mol. The predicted octanol–water partition coefficient (Wildman–Crippen LogP) is 3.94. The van der Waals surface area contributed by atoms with Gasteiger partial charge < -0.3 is 5.32 Å². The molecular weight excluding hydrogens is 242 g/mol. The SMILES string of the molecule is CC[C@@H](C)NC(=O)c1cc2c(s1)CCCCCC2. The minimum absolute atomic E-state index is 0.112. The largest absolute Gasteiger partial charge is 0.349 e. The third-order valence-electron chi connectivity index (χ3n) is 3.71. The van der Waals surface area contributed by atoms with E-state index in [-0.39, 0.29) is 11.9 Å². The average Bonchev–Trinajstić information content (AvgIpc) is 2.71. The first-order chi connectivity index (χ1) is 8.70. The Balaban J connectivity index is 2.09. The summed E-state index contributed by atoms with van der Waals surface area (Å²) in [6.07, 6.45) is 8.53. The molecule has 1 aliphatic rings. The van der Waals surface area contributed by atoms with Crippen LogP contribution in [-0.2, 0) is 12.8 Å². The molecule has 0 aliphatic heterocycles. The summed E-state index contributed by atoms with van der Waals surface area (Å²) >= 11 is 1.71. The van der Waals surface area contributed by atoms with Gasteiger partial charge in [-0.25, -0.2) is 0 Å². The van der Waals surface area contributed by atoms with Gasteiger partial charge in [-0.2, -0.15) is 0 Å². The van der Waals surface area contributed by atoms with Crippen molar-refractivity contribution >= 4 is 17.2 Å². The number of rotatable bonds is 3. The Bertz CT molecular complexity index is 385. The maximum atomic E-state index is 12.1. The van der Waals surface area contributed by atoms with Crippen LogP contribution in [0.4, 0.5) is 0 Å². The number of aryl methyl sites for hydroxylation is 2. The fourth-order valence-corrected chi connectivity index (χ4v) is 3.51. The van der Waals surface area contributed by atoms with E-state index in [4.69, 9.17) is 0 Å². The number of amides is 1. The number of hydrogen-bond acceptors (Lipinski definition) is 2. The zero-order valence-corrected chi connectivity index (χ0v) is 12.2. The molecule has 18 heavy (non-hydrogen) atoms. The summed E-state index contributed by atoms with van der Waals surface area (Å²) in [5.74, 6) is 0.112. The molecule has 1 atom stereocenters. The van der Waals surface area contributed by atoms with Gasteiger partial charge in [0, 0.05) is 10.9 Å². The number of hydrogen-bond donors (Lipinski definition) is 1. The highest BCUT2D eigenvalue weighted by Gasteiger charge is 2.16. The maximum absolute atomic E-state index is 12.1. The zero-order chi connectivity index (χ0) is 13.0. The van der Waals surface area contributed by atoms with Crippen molar-refractivity contribution in [1.82, 2.24) is 5.32 Å². The van der Waals surface area contributed by atoms with E-state index >= 15 is 0 Å². The summed E-state index contributed by atoms with van der Waals surface area (Å²) in [7, 11) is 0. The van der Waals surface area contributed by atoms with E-state index in [0.717, 1.165) is 24.1 Å². The van der Waals surface area contributed by atoms with Crippen LogP contribution in [0.15, 0.2) is 6.07 Å². The molecule has 0 saturated heterocycles. The molecule has 1 aromatic rings. The lowest BCUT2D eigenvalue weighted by atomic mass is 10.00. The van der Waals surface area contributed by atoms with Crippen molar-refractivity contribution < 1.29 is 4.79 Å². The van der Waals surface area contributed by atoms with Crippen LogP contribution in [0, 0.1) is 0 Å². The van der Waals surface area contributed by atoms with Crippen LogP contribution >= 0.6 is 11.3 Å². The molecule has 0 fully saturated rings. The first-order valence-corrected chi connectivity index (χ1v) is 7.94. The molecule has 0 spiro atoms. The summed E-state index contributed by atoms with van der Waals surface area (Å²) < 4.78 is 0. The number of carbonyl (C=O) groups is 1. The van der Waals surface area contributed by atoms with Gasteiger partial charge >= 0.3 is 0 Å². The number of carbonyl (C=O) groups excluding carboxylic acids is 1. The number of nitrogens with one attached hydrogen (secondary N) is 1. The third-order valence-corrected chi connectivity index (χ3v) is 4.95. The fourth-order valence-electron chi connectivity index (χ4n) is 2.35. The second-order valence-electron chi connectivity index (χ2n) is 5.26. The van der Waals surface area contributed by atoms with Crippen molar-refractivity contribution in [2.24, 2.45) is 0 Å². The minimum Gasteiger partial charge on any atom is -0.349 e. The van der Waals surface area contributed by atoms with E-state index in [1.807, 2.05) is 0 Å². The molecule has 3 heteroatoms. The first-order valence-electron chi connectivity index (χ1n) is 7.13. The lowest BCUT2D eigenvalue weighted by Gasteiger charge is -2.09. The van der Waals surface area contributed by atoms with Gasteiger partial charge in [0.1, 0.15) is 0 Å². The molecule has 0 saturated carbocycles. The molecule has 1 amide bonds. The van der Waals surface area contributed by atoms with Gasteiger partial charge in [0.2, 0.25) is 0 Å². The Kier molecular flexibility index (Phi) is 4.81. The molecule has 1 N–H and O–H groups in total. The van der Waals surface area contributed by atoms with Gasteiger partial charge in [-0.15, -0.1) is 11.3 Å². The molecule has 0 unspecified atom stereocenters. The molecule has 1 aromatic heterocycles. The summed E-state index contributed by atoms with van der Waals surface area (Å²) in [5, 5.41) is 3.06. The third kappa shape index (κ3) is 3.35. The van der Waals surface area contributed by atoms with Crippen LogP contribution in [0.3, 0.4) is 0 Å². The van der Waals surface area contributed by atoms with Crippen molar-refractivity contribution in [3.63, 3.8) is 0 Å². The van der Waals surface area contributed by atoms with E-state index < -0.39 is 0 Å². The second-order valence-corrected chi connectivity index (χ2v) is 6.39. The van der Waals surface area contributed by atoms with Gasteiger partial charge in [-0.1, -0.05) is 19.8 Å². The van der Waals surface area contributed by atoms with E-state index in [0.29, 0.717) is 0 Å². The highest BCUT2D eigenvalue weighted by atomic mass is 32.1. The highest BCUT2D eigenvalue weighted by Crippen LogP contribution is 2.28. The minimum atomic E-state index is 0.112. The molecule has 0 bridgehead atoms. The van der Waals surface area contributed by atoms with Crippen molar-refractivity contribution in [2.45, 2.75) is 64.8 Å². The molecule has 0 radical (unpaired) electrons. The first kappa shape index (κ1) is 13.6. The Morgan fingerprint density at radius 2 is 2.06 bits per heavy atom. The lowest BCUT2D eigenvalue weighted by molar-refractivity contribution is 0.0943. The molecule has 1 heterocycles. The number of fused-ring (bicyclic) bond motifs is 1. The van der Waals surface area contributed by atoms with Crippen molar-refractivity contribution in [3.05, 3.63) is 21.4 Å². The van der Waals surface area contributed by atoms with Gasteiger partial charge in [-0.3, -0.25) is 4.79 Å². The Hall–Kier alpha value is -0.830. The van der Waals surface area contributed by atoms with Crippen molar-refractivity contribution in [2.75, 3.05) is 0 Å². The number of thiophene rings is 1. The van der Waals surface area contributed by atoms with Gasteiger partial charge in [-0.05, 0) is 50.7 Å². The van der Waals surface area contributed by atoms with Gasteiger partial charge in [0.05, 0.1) is 4.88 Å². The van der Waals surface area contributed by atoms with Gasteiger partial charge in [0.15, 0.2) is 0 Å². The topological polar surface area (TPSA) is 29.1 Å². The maximum Gasteiger partial charge on any atom is 0.261 e. The quantitative estimate of drug-likeness (QED) is 0.881. The highest BCUT2D eigenvalue weighted by molar-refractivity contribution is 7.14. The fraction of sp³-hybridized carbons (Fsp3) is 0.667. The standard InChI is InChI=1S/C15H23NOS/c1-3-11(2)16-15(17)14-10-12-8-6-4-5-7-9-13(12)18-14/h10-11H,3-9H2,1-2H3,(H,16,17)/t11-/m1/s1. The molecule has 2 rings (SSSR count). The van der Waals surface area contributed by atoms with Crippen molar-refractivity contribution in [3.8, 4) is 0 Å². The smallest absolute Gasteiger partial charge is 0.261 e. The summed E-state index contributed by atoms with van der Waals surface area (Å²) in [6.45, 7) is 4.15. The lowest BCUT2D eigenvalue weighted by Crippen LogP contribution is -2.31. The molecule has 0 aromatic carbocycles. The summed E-state index contributed by atoms with van der Waals surface area (Å²) in [6, 6.07) is 2.39. The molecule has 100 valence electrons. The molecular formula is C15H23NOS. The Labute approximate surface area is 114 Å². The predicted molar refractivity (Wildman–Crippen MR) is 77.4 cm³/mol. The van der Waals surface area contributed by atoms with Crippen LogP contribution in [0.2, 0.25) is 0 Å². The zero-order valence-electron chi connectivity index (χ0n) is 11.4. The van der Waals surface area contributed by atoms with Crippen LogP contribution in [0.5, 0.6) is 0 Å². The Morgan fingerprint density at radius 1 is 1.33 bits per heavy atom. The summed E-state index contributed by atoms with van der Waals surface area (Å²) in [4.78, 5) is 14.5. The van der Waals surface area contributed by atoms with Gasteiger partial charge in [0.25, 0.3) is 5.91 Å². The van der Waals surface area contributed by atoms with Crippen LogP contribution in [-0.4, -0.2) is 11.9 Å². The van der Waals surface area contributed by atoms with Crippen LogP contribution in [0.25, 0.3) is 0 Å². The van der Waals surface area contributed by atoms with E-state index in [9.17, 15) is 4.79 Å². The molecule has 2 nitrogen and oxygen atoms in total. The normalized spacial score (nSPS) is 17.4. The van der Waals surface area contributed by atoms with E-state index in [2.05, 4.69) is 25.2 Å². The van der Waals surface area contributed by atoms with E-state index in [1.165, 1.54) is 36.1 Å². The monoisotopic (exact) mass is 265 g/mol. The van der Waals surface area contributed by atoms with Crippen LogP contribution in [0.1, 0.15) is 66.1 Å².